The van der Waals surface area contributed by atoms with Crippen LogP contribution in [0, 0.1) is 5.92 Å². The molecular formula is C15H23NO3. The van der Waals surface area contributed by atoms with Crippen LogP contribution in [-0.4, -0.2) is 29.5 Å². The van der Waals surface area contributed by atoms with Crippen molar-refractivity contribution in [3.63, 3.8) is 0 Å². The Balaban J connectivity index is 0.000000191. The third-order valence-corrected chi connectivity index (χ3v) is 3.47. The van der Waals surface area contributed by atoms with Gasteiger partial charge in [0.1, 0.15) is 6.29 Å². The van der Waals surface area contributed by atoms with Gasteiger partial charge in [-0.05, 0) is 31.6 Å². The van der Waals surface area contributed by atoms with Crippen LogP contribution in [0.25, 0.3) is 0 Å². The summed E-state index contributed by atoms with van der Waals surface area (Å²) in [6.45, 7) is 2.27. The molecule has 106 valence electrons. The molecule has 0 aromatic rings. The molecule has 1 aliphatic carbocycles. The average Bonchev–Trinajstić information content (AvgIpc) is 2.67. The molecule has 2 amide bonds. The van der Waals surface area contributed by atoms with Gasteiger partial charge in [-0.15, -0.1) is 0 Å². The molecule has 0 bridgehead atoms. The minimum Gasteiger partial charge on any atom is -0.301 e. The lowest BCUT2D eigenvalue weighted by atomic mass is 9.96. The number of carbonyl (C=O) groups is 3. The molecule has 1 atom stereocenters. The van der Waals surface area contributed by atoms with E-state index in [1.807, 2.05) is 0 Å². The molecule has 1 fully saturated rings. The summed E-state index contributed by atoms with van der Waals surface area (Å²) in [6.07, 6.45) is 12.6. The fourth-order valence-corrected chi connectivity index (χ4v) is 2.25. The Kier molecular flexibility index (Phi) is 7.08. The van der Waals surface area contributed by atoms with Crippen LogP contribution in [0.5, 0.6) is 0 Å². The first kappa shape index (κ1) is 15.6. The van der Waals surface area contributed by atoms with Crippen molar-refractivity contribution in [1.82, 2.24) is 4.90 Å². The molecule has 0 N–H and O–H groups in total. The Hall–Kier alpha value is -1.45. The highest BCUT2D eigenvalue weighted by Gasteiger charge is 2.27. The summed E-state index contributed by atoms with van der Waals surface area (Å²) in [5, 5.41) is 0. The standard InChI is InChI=1S/C9H16.C6H7NO3/c1-9-7-5-3-2-4-6-8-9;8-4-3-7-5(9)1-2-6(7)10/h2-3,9H,4-8H2,1H3;4H,1-3H2/b3-2+;. The lowest BCUT2D eigenvalue weighted by Gasteiger charge is -2.10. The van der Waals surface area contributed by atoms with Gasteiger partial charge in [0.15, 0.2) is 0 Å². The highest BCUT2D eigenvalue weighted by atomic mass is 16.2. The van der Waals surface area contributed by atoms with E-state index in [-0.39, 0.29) is 31.2 Å². The van der Waals surface area contributed by atoms with E-state index in [0.717, 1.165) is 10.8 Å². The zero-order valence-electron chi connectivity index (χ0n) is 11.6. The van der Waals surface area contributed by atoms with Crippen LogP contribution < -0.4 is 0 Å². The largest absolute Gasteiger partial charge is 0.301 e. The minimum atomic E-state index is -0.239. The topological polar surface area (TPSA) is 54.5 Å². The van der Waals surface area contributed by atoms with Gasteiger partial charge in [-0.2, -0.15) is 0 Å². The van der Waals surface area contributed by atoms with Gasteiger partial charge in [0.25, 0.3) is 0 Å². The van der Waals surface area contributed by atoms with E-state index in [9.17, 15) is 14.4 Å². The number of amides is 2. The van der Waals surface area contributed by atoms with Gasteiger partial charge in [-0.1, -0.05) is 25.5 Å². The number of likely N-dealkylation sites (tertiary alicyclic amines) is 1. The number of hydrogen-bond donors (Lipinski definition) is 0. The first-order valence-corrected chi connectivity index (χ1v) is 7.07. The van der Waals surface area contributed by atoms with Gasteiger partial charge in [0, 0.05) is 12.8 Å². The SMILES string of the molecule is CC1CC/C=C/CCC1.O=CCN1C(=O)CCC1=O. The van der Waals surface area contributed by atoms with E-state index >= 15 is 0 Å². The van der Waals surface area contributed by atoms with Crippen LogP contribution in [0.15, 0.2) is 12.2 Å². The average molecular weight is 265 g/mol. The van der Waals surface area contributed by atoms with Crippen molar-refractivity contribution in [1.29, 1.82) is 0 Å². The third kappa shape index (κ3) is 5.81. The zero-order chi connectivity index (χ0) is 14.1. The predicted molar refractivity (Wildman–Crippen MR) is 73.4 cm³/mol. The summed E-state index contributed by atoms with van der Waals surface area (Å²) in [5.74, 6) is 0.490. The maximum Gasteiger partial charge on any atom is 0.230 e. The minimum absolute atomic E-state index is 0.0856. The van der Waals surface area contributed by atoms with Crippen LogP contribution >= 0.6 is 0 Å². The van der Waals surface area contributed by atoms with E-state index < -0.39 is 0 Å². The van der Waals surface area contributed by atoms with Gasteiger partial charge in [0.2, 0.25) is 11.8 Å². The van der Waals surface area contributed by atoms with E-state index in [1.165, 1.54) is 32.1 Å². The second kappa shape index (κ2) is 8.62. The summed E-state index contributed by atoms with van der Waals surface area (Å²) in [6, 6.07) is 0. The number of nitrogens with zero attached hydrogens (tertiary/aromatic N) is 1. The van der Waals surface area contributed by atoms with Crippen LogP contribution in [-0.2, 0) is 14.4 Å². The molecule has 0 aromatic carbocycles. The number of imide groups is 1. The fraction of sp³-hybridized carbons (Fsp3) is 0.667. The molecule has 0 spiro atoms. The van der Waals surface area contributed by atoms with E-state index in [0.29, 0.717) is 6.29 Å². The number of allylic oxidation sites excluding steroid dienone is 2. The molecule has 1 saturated heterocycles. The molecular weight excluding hydrogens is 242 g/mol. The molecule has 2 rings (SSSR count). The molecule has 0 saturated carbocycles. The number of hydrogen-bond acceptors (Lipinski definition) is 3. The summed E-state index contributed by atoms with van der Waals surface area (Å²) in [7, 11) is 0. The van der Waals surface area contributed by atoms with Gasteiger partial charge in [-0.25, -0.2) is 0 Å². The Bertz CT molecular complexity index is 333. The van der Waals surface area contributed by atoms with E-state index in [2.05, 4.69) is 19.1 Å². The van der Waals surface area contributed by atoms with Gasteiger partial charge < -0.3 is 4.79 Å². The molecule has 0 aromatic heterocycles. The van der Waals surface area contributed by atoms with Gasteiger partial charge in [0.05, 0.1) is 6.54 Å². The zero-order valence-corrected chi connectivity index (χ0v) is 11.6. The van der Waals surface area contributed by atoms with E-state index in [1.54, 1.807) is 0 Å². The summed E-state index contributed by atoms with van der Waals surface area (Å²) in [5.41, 5.74) is 0. The number of rotatable bonds is 2. The molecule has 1 heterocycles. The van der Waals surface area contributed by atoms with Crippen molar-refractivity contribution < 1.29 is 14.4 Å². The van der Waals surface area contributed by atoms with Crippen molar-refractivity contribution in [3.05, 3.63) is 12.2 Å². The highest BCUT2D eigenvalue weighted by Crippen LogP contribution is 2.17. The Morgan fingerprint density at radius 2 is 1.79 bits per heavy atom. The van der Waals surface area contributed by atoms with Crippen molar-refractivity contribution in [3.8, 4) is 0 Å². The van der Waals surface area contributed by atoms with E-state index in [4.69, 9.17) is 0 Å². The fourth-order valence-electron chi connectivity index (χ4n) is 2.25. The number of carbonyl (C=O) groups excluding carboxylic acids is 3. The van der Waals surface area contributed by atoms with Gasteiger partial charge >= 0.3 is 0 Å². The highest BCUT2D eigenvalue weighted by molar-refractivity contribution is 6.03. The summed E-state index contributed by atoms with van der Waals surface area (Å²) >= 11 is 0. The second-order valence-electron chi connectivity index (χ2n) is 5.15. The smallest absolute Gasteiger partial charge is 0.230 e. The summed E-state index contributed by atoms with van der Waals surface area (Å²) in [4.78, 5) is 32.3. The van der Waals surface area contributed by atoms with Crippen LogP contribution in [0.1, 0.15) is 51.9 Å². The Morgan fingerprint density at radius 1 is 1.16 bits per heavy atom. The third-order valence-electron chi connectivity index (χ3n) is 3.47. The normalized spacial score (nSPS) is 25.1. The second-order valence-corrected chi connectivity index (χ2v) is 5.15. The van der Waals surface area contributed by atoms with Crippen LogP contribution in [0.3, 0.4) is 0 Å². The van der Waals surface area contributed by atoms with Gasteiger partial charge in [-0.3, -0.25) is 14.5 Å². The molecule has 0 radical (unpaired) electrons. The number of aldehydes is 1. The molecule has 1 unspecified atom stereocenters. The molecule has 1 aliphatic heterocycles. The van der Waals surface area contributed by atoms with Crippen molar-refractivity contribution in [2.45, 2.75) is 51.9 Å². The predicted octanol–water partition coefficient (Wildman–Crippen LogP) is 2.48. The Morgan fingerprint density at radius 3 is 2.42 bits per heavy atom. The maximum absolute atomic E-state index is 10.7. The monoisotopic (exact) mass is 265 g/mol. The van der Waals surface area contributed by atoms with Crippen LogP contribution in [0.4, 0.5) is 0 Å². The first-order valence-electron chi connectivity index (χ1n) is 7.07. The molecule has 4 nitrogen and oxygen atoms in total. The molecule has 19 heavy (non-hydrogen) atoms. The Labute approximate surface area is 114 Å². The lowest BCUT2D eigenvalue weighted by Crippen LogP contribution is -2.30. The van der Waals surface area contributed by atoms with Crippen molar-refractivity contribution >= 4 is 18.1 Å². The first-order chi connectivity index (χ1) is 9.15. The lowest BCUT2D eigenvalue weighted by molar-refractivity contribution is -0.140. The molecule has 4 heteroatoms. The van der Waals surface area contributed by atoms with Crippen molar-refractivity contribution in [2.75, 3.05) is 6.54 Å². The molecule has 2 aliphatic rings. The quantitative estimate of drug-likeness (QED) is 0.438. The summed E-state index contributed by atoms with van der Waals surface area (Å²) < 4.78 is 0. The van der Waals surface area contributed by atoms with Crippen molar-refractivity contribution in [2.24, 2.45) is 5.92 Å². The van der Waals surface area contributed by atoms with Crippen LogP contribution in [0.2, 0.25) is 0 Å². The maximum atomic E-state index is 10.7.